The summed E-state index contributed by atoms with van der Waals surface area (Å²) in [6.07, 6.45) is -0.180. The van der Waals surface area contributed by atoms with Crippen molar-refractivity contribution in [1.82, 2.24) is 0 Å². The standard InChI is InChI=1S/C15H13ClO3/c1-9-6-13(10(2)19-9)15(18)8-14(17)11-4-3-5-12(16)7-11/h3-7H,8H2,1-2H3. The van der Waals surface area contributed by atoms with Crippen LogP contribution in [0, 0.1) is 13.8 Å². The van der Waals surface area contributed by atoms with Crippen LogP contribution in [0.4, 0.5) is 0 Å². The van der Waals surface area contributed by atoms with E-state index in [4.69, 9.17) is 16.0 Å². The second kappa shape index (κ2) is 5.41. The minimum Gasteiger partial charge on any atom is -0.466 e. The molecule has 1 heterocycles. The van der Waals surface area contributed by atoms with E-state index in [0.29, 0.717) is 27.7 Å². The molecule has 2 rings (SSSR count). The van der Waals surface area contributed by atoms with Gasteiger partial charge in [-0.3, -0.25) is 9.59 Å². The first-order valence-electron chi connectivity index (χ1n) is 5.86. The van der Waals surface area contributed by atoms with Crippen LogP contribution in [-0.2, 0) is 0 Å². The van der Waals surface area contributed by atoms with Crippen LogP contribution in [0.25, 0.3) is 0 Å². The number of hydrogen-bond donors (Lipinski definition) is 0. The molecule has 0 spiro atoms. The van der Waals surface area contributed by atoms with E-state index >= 15 is 0 Å². The minimum atomic E-state index is -0.245. The Morgan fingerprint density at radius 3 is 2.47 bits per heavy atom. The van der Waals surface area contributed by atoms with E-state index in [0.717, 1.165) is 0 Å². The van der Waals surface area contributed by atoms with E-state index < -0.39 is 0 Å². The number of carbonyl (C=O) groups is 2. The van der Waals surface area contributed by atoms with Gasteiger partial charge in [-0.2, -0.15) is 0 Å². The van der Waals surface area contributed by atoms with Gasteiger partial charge in [0.05, 0.1) is 12.0 Å². The van der Waals surface area contributed by atoms with Crippen molar-refractivity contribution in [3.63, 3.8) is 0 Å². The number of halogens is 1. The minimum absolute atomic E-state index is 0.180. The van der Waals surface area contributed by atoms with Crippen molar-refractivity contribution < 1.29 is 14.0 Å². The molecule has 2 aromatic rings. The van der Waals surface area contributed by atoms with Gasteiger partial charge < -0.3 is 4.42 Å². The lowest BCUT2D eigenvalue weighted by atomic mass is 10.0. The summed E-state index contributed by atoms with van der Waals surface area (Å²) in [5.41, 5.74) is 0.909. The molecule has 4 heteroatoms. The molecule has 0 aliphatic carbocycles. The average Bonchev–Trinajstić information content (AvgIpc) is 2.68. The zero-order valence-electron chi connectivity index (χ0n) is 10.7. The van der Waals surface area contributed by atoms with Crippen molar-refractivity contribution in [3.05, 3.63) is 58.0 Å². The normalized spacial score (nSPS) is 10.5. The first-order valence-corrected chi connectivity index (χ1v) is 6.24. The van der Waals surface area contributed by atoms with Crippen LogP contribution in [-0.4, -0.2) is 11.6 Å². The summed E-state index contributed by atoms with van der Waals surface area (Å²) in [7, 11) is 0. The number of rotatable bonds is 4. The zero-order chi connectivity index (χ0) is 14.0. The van der Waals surface area contributed by atoms with Gasteiger partial charge in [0.25, 0.3) is 0 Å². The lowest BCUT2D eigenvalue weighted by Gasteiger charge is -2.01. The van der Waals surface area contributed by atoms with Crippen molar-refractivity contribution in [2.45, 2.75) is 20.3 Å². The highest BCUT2D eigenvalue weighted by Gasteiger charge is 2.18. The van der Waals surface area contributed by atoms with Crippen molar-refractivity contribution in [1.29, 1.82) is 0 Å². The largest absolute Gasteiger partial charge is 0.466 e. The molecule has 0 bridgehead atoms. The molecule has 0 amide bonds. The smallest absolute Gasteiger partial charge is 0.174 e. The molecule has 98 valence electrons. The molecule has 0 saturated heterocycles. The number of Topliss-reactive ketones (excluding diaryl/α,β-unsaturated/α-hetero) is 2. The molecule has 0 aliphatic rings. The molecule has 0 aliphatic heterocycles. The van der Waals surface area contributed by atoms with Crippen LogP contribution in [0.1, 0.15) is 38.7 Å². The highest BCUT2D eigenvalue weighted by molar-refractivity contribution is 6.31. The maximum absolute atomic E-state index is 12.0. The molecule has 0 fully saturated rings. The summed E-state index contributed by atoms with van der Waals surface area (Å²) >= 11 is 5.82. The van der Waals surface area contributed by atoms with E-state index in [2.05, 4.69) is 0 Å². The Hall–Kier alpha value is -1.87. The van der Waals surface area contributed by atoms with Crippen LogP contribution in [0.15, 0.2) is 34.7 Å². The Labute approximate surface area is 116 Å². The van der Waals surface area contributed by atoms with Gasteiger partial charge in [0, 0.05) is 10.6 Å². The topological polar surface area (TPSA) is 47.3 Å². The highest BCUT2D eigenvalue weighted by Crippen LogP contribution is 2.18. The van der Waals surface area contributed by atoms with Crippen LogP contribution in [0.3, 0.4) is 0 Å². The van der Waals surface area contributed by atoms with Gasteiger partial charge in [0.2, 0.25) is 0 Å². The van der Waals surface area contributed by atoms with Gasteiger partial charge in [0.1, 0.15) is 11.5 Å². The predicted molar refractivity (Wildman–Crippen MR) is 72.9 cm³/mol. The molecular weight excluding hydrogens is 264 g/mol. The van der Waals surface area contributed by atoms with Gasteiger partial charge in [-0.1, -0.05) is 23.7 Å². The summed E-state index contributed by atoms with van der Waals surface area (Å²) in [5, 5.41) is 0.480. The van der Waals surface area contributed by atoms with Crippen molar-refractivity contribution >= 4 is 23.2 Å². The van der Waals surface area contributed by atoms with E-state index in [1.54, 1.807) is 44.2 Å². The fourth-order valence-electron chi connectivity index (χ4n) is 1.91. The molecule has 0 atom stereocenters. The average molecular weight is 277 g/mol. The third kappa shape index (κ3) is 3.12. The van der Waals surface area contributed by atoms with E-state index in [1.165, 1.54) is 0 Å². The molecule has 3 nitrogen and oxygen atoms in total. The van der Waals surface area contributed by atoms with Crippen LogP contribution >= 0.6 is 11.6 Å². The number of carbonyl (C=O) groups excluding carboxylic acids is 2. The second-order valence-corrected chi connectivity index (χ2v) is 4.80. The van der Waals surface area contributed by atoms with Gasteiger partial charge in [0.15, 0.2) is 11.6 Å². The molecule has 0 saturated carbocycles. The summed E-state index contributed by atoms with van der Waals surface area (Å²) in [4.78, 5) is 24.0. The van der Waals surface area contributed by atoms with Gasteiger partial charge >= 0.3 is 0 Å². The molecular formula is C15H13ClO3. The summed E-state index contributed by atoms with van der Waals surface area (Å²) in [6.45, 7) is 3.48. The fraction of sp³-hybridized carbons (Fsp3) is 0.200. The zero-order valence-corrected chi connectivity index (χ0v) is 11.5. The fourth-order valence-corrected chi connectivity index (χ4v) is 2.10. The third-order valence-electron chi connectivity index (χ3n) is 2.81. The molecule has 1 aromatic carbocycles. The maximum Gasteiger partial charge on any atom is 0.174 e. The van der Waals surface area contributed by atoms with E-state index in [1.807, 2.05) is 0 Å². The Kier molecular flexibility index (Phi) is 3.86. The summed E-state index contributed by atoms with van der Waals surface area (Å²) in [5.74, 6) is 0.725. The van der Waals surface area contributed by atoms with Gasteiger partial charge in [-0.05, 0) is 32.0 Å². The Bertz CT molecular complexity index is 641. The number of benzene rings is 1. The van der Waals surface area contributed by atoms with Crippen LogP contribution in [0.2, 0.25) is 5.02 Å². The van der Waals surface area contributed by atoms with Gasteiger partial charge in [-0.25, -0.2) is 0 Å². The first-order chi connectivity index (χ1) is 8.97. The second-order valence-electron chi connectivity index (χ2n) is 4.36. The number of ketones is 2. The maximum atomic E-state index is 12.0. The predicted octanol–water partition coefficient (Wildman–Crippen LogP) is 4.01. The molecule has 19 heavy (non-hydrogen) atoms. The van der Waals surface area contributed by atoms with Crippen molar-refractivity contribution in [2.24, 2.45) is 0 Å². The Morgan fingerprint density at radius 1 is 1.16 bits per heavy atom. The monoisotopic (exact) mass is 276 g/mol. The van der Waals surface area contributed by atoms with Gasteiger partial charge in [-0.15, -0.1) is 0 Å². The molecule has 0 unspecified atom stereocenters. The molecule has 0 N–H and O–H groups in total. The van der Waals surface area contributed by atoms with E-state index in [9.17, 15) is 9.59 Å². The molecule has 1 aromatic heterocycles. The van der Waals surface area contributed by atoms with Crippen molar-refractivity contribution in [3.8, 4) is 0 Å². The Balaban J connectivity index is 2.15. The number of hydrogen-bond acceptors (Lipinski definition) is 3. The highest BCUT2D eigenvalue weighted by atomic mass is 35.5. The third-order valence-corrected chi connectivity index (χ3v) is 3.04. The molecule has 0 radical (unpaired) electrons. The Morgan fingerprint density at radius 2 is 1.89 bits per heavy atom. The lowest BCUT2D eigenvalue weighted by Crippen LogP contribution is -2.08. The van der Waals surface area contributed by atoms with Crippen LogP contribution in [0.5, 0.6) is 0 Å². The number of furan rings is 1. The van der Waals surface area contributed by atoms with Crippen molar-refractivity contribution in [2.75, 3.05) is 0 Å². The summed E-state index contributed by atoms with van der Waals surface area (Å²) < 4.78 is 5.29. The lowest BCUT2D eigenvalue weighted by molar-refractivity contribution is 0.0893. The summed E-state index contributed by atoms with van der Waals surface area (Å²) in [6, 6.07) is 8.24. The first kappa shape index (κ1) is 13.6. The van der Waals surface area contributed by atoms with E-state index in [-0.39, 0.29) is 18.0 Å². The number of aryl methyl sites for hydroxylation is 2. The van der Waals surface area contributed by atoms with Crippen LogP contribution < -0.4 is 0 Å². The SMILES string of the molecule is Cc1cc(C(=O)CC(=O)c2cccc(Cl)c2)c(C)o1. The quantitative estimate of drug-likeness (QED) is 0.626.